The van der Waals surface area contributed by atoms with Crippen LogP contribution in [-0.2, 0) is 0 Å². The first kappa shape index (κ1) is 35.2. The minimum absolute atomic E-state index is 0.0841. The number of ether oxygens (including phenoxy) is 2. The minimum Gasteiger partial charge on any atom is -0.494 e. The van der Waals surface area contributed by atoms with Gasteiger partial charge in [-0.3, -0.25) is 8.80 Å². The standard InChI is InChI=1S/C19H19N3OS.C18H16FN3OS.C2H3N/c1-3-10-23-15-8-9-17-18(11-15)24-19-21-16(12-22(17)19)13-4-6-14(20-2)7-5-13;1-20-13-4-2-12(3-5-13)15-11-22-16-7-6-14(23-9-8-19)10-17(16)24-18(22)21-15;1-2-3/h4-9,11-12,20H,3,10H2,1-2H3;2-7,10-11,20H,8-9H2,1H3;1H3/i;19-1;. The average Bonchev–Trinajstić information content (AvgIpc) is 3.93. The molecule has 4 aromatic heterocycles. The normalized spacial score (nSPS) is 10.7. The summed E-state index contributed by atoms with van der Waals surface area (Å²) in [7, 11) is 3.82. The molecule has 8 rings (SSSR count). The Morgan fingerprint density at radius 2 is 1.14 bits per heavy atom. The number of rotatable bonds is 10. The summed E-state index contributed by atoms with van der Waals surface area (Å²) in [5.74, 6) is 1.62. The molecule has 0 saturated heterocycles. The zero-order valence-electron chi connectivity index (χ0n) is 28.8. The van der Waals surface area contributed by atoms with E-state index < -0.39 is 6.67 Å². The van der Waals surface area contributed by atoms with Crippen LogP contribution in [0.4, 0.5) is 15.8 Å². The lowest BCUT2D eigenvalue weighted by Gasteiger charge is -2.03. The number of hydrogen-bond acceptors (Lipinski definition) is 9. The minimum atomic E-state index is -0.485. The van der Waals surface area contributed by atoms with E-state index in [4.69, 9.17) is 24.7 Å². The van der Waals surface area contributed by atoms with Gasteiger partial charge in [-0.05, 0) is 67.1 Å². The van der Waals surface area contributed by atoms with E-state index in [-0.39, 0.29) is 6.61 Å². The number of thiazole rings is 2. The summed E-state index contributed by atoms with van der Waals surface area (Å²) in [6, 6.07) is 30.3. The van der Waals surface area contributed by atoms with E-state index in [1.807, 2.05) is 56.7 Å². The van der Waals surface area contributed by atoms with Gasteiger partial charge in [0.1, 0.15) is 24.8 Å². The van der Waals surface area contributed by atoms with E-state index in [2.05, 4.69) is 81.1 Å². The van der Waals surface area contributed by atoms with Crippen LogP contribution in [0.3, 0.4) is 0 Å². The molecule has 2 N–H and O–H groups in total. The Bertz CT molecular complexity index is 2240. The highest BCUT2D eigenvalue weighted by Gasteiger charge is 2.13. The molecule has 0 atom stereocenters. The molecule has 0 radical (unpaired) electrons. The molecule has 8 aromatic rings. The second-order valence-corrected chi connectivity index (χ2v) is 13.3. The summed E-state index contributed by atoms with van der Waals surface area (Å²) in [6.07, 6.45) is 5.17. The van der Waals surface area contributed by atoms with Gasteiger partial charge in [-0.15, -0.1) is 0 Å². The van der Waals surface area contributed by atoms with E-state index in [0.717, 1.165) is 72.8 Å². The highest BCUT2D eigenvalue weighted by Crippen LogP contribution is 2.33. The fraction of sp³-hybridized carbons (Fsp3) is 0.205. The maximum atomic E-state index is 12.2. The smallest absolute Gasteiger partial charge is 0.195 e. The quantitative estimate of drug-likeness (QED) is 0.145. The third-order valence-corrected chi connectivity index (χ3v) is 9.92. The molecule has 0 fully saturated rings. The maximum Gasteiger partial charge on any atom is 0.195 e. The Hall–Kier alpha value is -5.64. The average molecular weight is 719 g/mol. The number of alkyl halides is 1. The largest absolute Gasteiger partial charge is 0.494 e. The van der Waals surface area contributed by atoms with Crippen molar-refractivity contribution in [2.75, 3.05) is 44.6 Å². The van der Waals surface area contributed by atoms with Crippen molar-refractivity contribution in [3.05, 3.63) is 97.3 Å². The van der Waals surface area contributed by atoms with Gasteiger partial charge in [0.25, 0.3) is 0 Å². The lowest BCUT2D eigenvalue weighted by Crippen LogP contribution is -1.98. The molecule has 0 aliphatic carbocycles. The number of fused-ring (bicyclic) bond motifs is 6. The molecule has 0 saturated carbocycles. The van der Waals surface area contributed by atoms with Gasteiger partial charge in [0.2, 0.25) is 0 Å². The third-order valence-electron chi connectivity index (χ3n) is 7.89. The van der Waals surface area contributed by atoms with E-state index in [0.29, 0.717) is 5.75 Å². The van der Waals surface area contributed by atoms with E-state index >= 15 is 0 Å². The first-order valence-corrected chi connectivity index (χ1v) is 18.1. The summed E-state index contributed by atoms with van der Waals surface area (Å²) < 4.78 is 29.8. The van der Waals surface area contributed by atoms with Crippen LogP contribution in [0.2, 0.25) is 0 Å². The fourth-order valence-corrected chi connectivity index (χ4v) is 7.48. The van der Waals surface area contributed by atoms with Gasteiger partial charge in [-0.2, -0.15) is 5.26 Å². The van der Waals surface area contributed by atoms with Gasteiger partial charge < -0.3 is 20.1 Å². The molecule has 0 unspecified atom stereocenters. The summed E-state index contributed by atoms with van der Waals surface area (Å²) in [5.41, 5.74) is 8.58. The molecule has 4 aromatic carbocycles. The van der Waals surface area contributed by atoms with Gasteiger partial charge >= 0.3 is 0 Å². The zero-order valence-corrected chi connectivity index (χ0v) is 30.4. The number of nitriles is 1. The SMILES string of the molecule is CC#N.CCCOc1ccc2c(c1)sc1nc(-c3ccc(NC)cc3)cn12.CNc1ccc(-c2cn3c(n2)sc2cc(OCC[18F])ccc23)cc1. The summed E-state index contributed by atoms with van der Waals surface area (Å²) in [6.45, 7) is 3.89. The first-order valence-electron chi connectivity index (χ1n) is 16.5. The van der Waals surface area contributed by atoms with Gasteiger partial charge in [-0.1, -0.05) is 53.9 Å². The topological polar surface area (TPSA) is 101 Å². The molecule has 0 aliphatic rings. The van der Waals surface area contributed by atoms with Crippen LogP contribution in [0, 0.1) is 11.3 Å². The fourth-order valence-electron chi connectivity index (χ4n) is 5.41. The number of benzene rings is 4. The van der Waals surface area contributed by atoms with E-state index in [9.17, 15) is 4.39 Å². The molecule has 4 heterocycles. The molecule has 0 spiro atoms. The van der Waals surface area contributed by atoms with Crippen molar-refractivity contribution in [3.8, 4) is 40.1 Å². The predicted molar refractivity (Wildman–Crippen MR) is 210 cm³/mol. The van der Waals surface area contributed by atoms with Gasteiger partial charge in [0.15, 0.2) is 9.92 Å². The highest BCUT2D eigenvalue weighted by atomic mass is 32.1. The number of anilines is 2. The van der Waals surface area contributed by atoms with Crippen LogP contribution < -0.4 is 20.1 Å². The molecule has 51 heavy (non-hydrogen) atoms. The van der Waals surface area contributed by atoms with Crippen molar-refractivity contribution in [1.29, 1.82) is 5.26 Å². The maximum absolute atomic E-state index is 12.2. The van der Waals surface area contributed by atoms with Crippen LogP contribution in [-0.4, -0.2) is 52.8 Å². The number of halogens is 1. The Labute approximate surface area is 303 Å². The first-order chi connectivity index (χ1) is 25.0. The molecule has 0 amide bonds. The lowest BCUT2D eigenvalue weighted by molar-refractivity contribution is 0.273. The van der Waals surface area contributed by atoms with Crippen molar-refractivity contribution in [3.63, 3.8) is 0 Å². The van der Waals surface area contributed by atoms with Crippen LogP contribution in [0.5, 0.6) is 11.5 Å². The van der Waals surface area contributed by atoms with Crippen LogP contribution in [0.1, 0.15) is 20.3 Å². The van der Waals surface area contributed by atoms with Crippen molar-refractivity contribution >= 4 is 64.4 Å². The zero-order chi connectivity index (χ0) is 35.7. The number of imidazole rings is 2. The van der Waals surface area contributed by atoms with Gasteiger partial charge in [0, 0.05) is 55.9 Å². The monoisotopic (exact) mass is 718 g/mol. The Morgan fingerprint density at radius 3 is 1.53 bits per heavy atom. The molecular formula is C39H38FN7O2S2. The number of hydrogen-bond donors (Lipinski definition) is 2. The molecule has 0 bridgehead atoms. The summed E-state index contributed by atoms with van der Waals surface area (Å²) >= 11 is 3.29. The molecule has 260 valence electrons. The van der Waals surface area contributed by atoms with Gasteiger partial charge in [0.05, 0.1) is 44.5 Å². The van der Waals surface area contributed by atoms with Crippen molar-refractivity contribution < 1.29 is 13.9 Å². The van der Waals surface area contributed by atoms with Crippen LogP contribution in [0.25, 0.3) is 52.9 Å². The second-order valence-electron chi connectivity index (χ2n) is 11.3. The molecule has 9 nitrogen and oxygen atoms in total. The Balaban J connectivity index is 0.000000163. The highest BCUT2D eigenvalue weighted by molar-refractivity contribution is 7.24. The lowest BCUT2D eigenvalue weighted by atomic mass is 10.1. The van der Waals surface area contributed by atoms with E-state index in [1.165, 1.54) is 17.1 Å². The molecule has 12 heteroatoms. The Morgan fingerprint density at radius 1 is 0.706 bits per heavy atom. The van der Waals surface area contributed by atoms with Crippen molar-refractivity contribution in [2.24, 2.45) is 0 Å². The summed E-state index contributed by atoms with van der Waals surface area (Å²) in [5, 5.41) is 13.6. The molecular weight excluding hydrogens is 681 g/mol. The number of nitrogens with zero attached hydrogens (tertiary/aromatic N) is 5. The van der Waals surface area contributed by atoms with Crippen molar-refractivity contribution in [1.82, 2.24) is 18.8 Å². The van der Waals surface area contributed by atoms with Crippen LogP contribution in [0.15, 0.2) is 97.3 Å². The van der Waals surface area contributed by atoms with Gasteiger partial charge in [-0.25, -0.2) is 14.4 Å². The Kier molecular flexibility index (Phi) is 11.3. The summed E-state index contributed by atoms with van der Waals surface area (Å²) in [4.78, 5) is 11.5. The number of aromatic nitrogens is 4. The van der Waals surface area contributed by atoms with Crippen LogP contribution >= 0.6 is 22.7 Å². The molecule has 0 aliphatic heterocycles. The van der Waals surface area contributed by atoms with Crippen molar-refractivity contribution in [2.45, 2.75) is 20.3 Å². The number of nitrogens with one attached hydrogen (secondary N) is 2. The third kappa shape index (κ3) is 7.90. The van der Waals surface area contributed by atoms with E-state index in [1.54, 1.807) is 28.7 Å². The second kappa shape index (κ2) is 16.4. The predicted octanol–water partition coefficient (Wildman–Crippen LogP) is 10.2.